The minimum atomic E-state index is -4.01. The summed E-state index contributed by atoms with van der Waals surface area (Å²) in [5.41, 5.74) is 1.39. The van der Waals surface area contributed by atoms with Crippen LogP contribution in [0.5, 0.6) is 5.75 Å². The summed E-state index contributed by atoms with van der Waals surface area (Å²) in [5, 5.41) is 0.392. The number of ether oxygens (including phenoxy) is 1. The van der Waals surface area contributed by atoms with Gasteiger partial charge in [-0.15, -0.1) is 0 Å². The second-order valence-corrected chi connectivity index (χ2v) is 9.38. The lowest BCUT2D eigenvalue weighted by Gasteiger charge is -2.09. The van der Waals surface area contributed by atoms with Crippen molar-refractivity contribution in [1.29, 1.82) is 0 Å². The molecule has 0 saturated carbocycles. The molecule has 0 amide bonds. The first-order valence-corrected chi connectivity index (χ1v) is 13.0. The van der Waals surface area contributed by atoms with Crippen molar-refractivity contribution in [3.05, 3.63) is 76.5 Å². The number of pyridine rings is 1. The standard InChI is InChI=1S/C21H15BrF2N2O3S.2C2H6/c1-12-3-5-15(6-4-12)30(27,28)26-11-18(17-7-13(22)10-25-21(17)26)16-8-14(23)9-19(24)20(16)29-2;2*1-2/h3-11H,1-2H3;2*1-2H3. The van der Waals surface area contributed by atoms with Crippen LogP contribution in [-0.2, 0) is 10.0 Å². The molecule has 0 unspecified atom stereocenters. The Kier molecular flexibility index (Phi) is 9.35. The first kappa shape index (κ1) is 27.5. The van der Waals surface area contributed by atoms with Gasteiger partial charge in [0.15, 0.2) is 17.2 Å². The number of hydrogen-bond acceptors (Lipinski definition) is 4. The summed E-state index contributed by atoms with van der Waals surface area (Å²) in [6, 6.07) is 9.82. The maximum absolute atomic E-state index is 14.3. The fraction of sp³-hybridized carbons (Fsp3) is 0.240. The third-order valence-corrected chi connectivity index (χ3v) is 6.76. The fourth-order valence-corrected chi connectivity index (χ4v) is 4.90. The molecule has 0 N–H and O–H groups in total. The van der Waals surface area contributed by atoms with Gasteiger partial charge in [-0.1, -0.05) is 45.4 Å². The summed E-state index contributed by atoms with van der Waals surface area (Å²) in [6.45, 7) is 9.85. The lowest BCUT2D eigenvalue weighted by molar-refractivity contribution is 0.386. The summed E-state index contributed by atoms with van der Waals surface area (Å²) in [5.74, 6) is -1.89. The Bertz CT molecular complexity index is 1390. The van der Waals surface area contributed by atoms with Gasteiger partial charge in [0.1, 0.15) is 5.82 Å². The predicted octanol–water partition coefficient (Wildman–Crippen LogP) is 7.35. The molecule has 2 heterocycles. The SMILES string of the molecule is CC.CC.COc1c(F)cc(F)cc1-c1cn(S(=O)(=O)c2ccc(C)cc2)c2ncc(Br)cc12. The highest BCUT2D eigenvalue weighted by molar-refractivity contribution is 9.10. The molecule has 2 aromatic carbocycles. The number of fused-ring (bicyclic) bond motifs is 1. The molecular weight excluding hydrogens is 526 g/mol. The number of halogens is 3. The molecule has 2 aromatic heterocycles. The second-order valence-electron chi connectivity index (χ2n) is 6.65. The lowest BCUT2D eigenvalue weighted by atomic mass is 10.0. The van der Waals surface area contributed by atoms with Gasteiger partial charge in [-0.25, -0.2) is 26.2 Å². The maximum Gasteiger partial charge on any atom is 0.269 e. The molecule has 0 aliphatic carbocycles. The largest absolute Gasteiger partial charge is 0.493 e. The molecule has 0 aliphatic rings. The molecule has 4 aromatic rings. The first-order valence-electron chi connectivity index (χ1n) is 10.7. The Labute approximate surface area is 207 Å². The topological polar surface area (TPSA) is 61.2 Å². The average molecular weight is 553 g/mol. The number of aryl methyl sites for hydroxylation is 1. The highest BCUT2D eigenvalue weighted by atomic mass is 79.9. The molecule has 182 valence electrons. The highest BCUT2D eigenvalue weighted by Crippen LogP contribution is 2.39. The first-order chi connectivity index (χ1) is 16.2. The minimum absolute atomic E-state index is 0.0682. The molecule has 0 fully saturated rings. The number of hydrogen-bond donors (Lipinski definition) is 0. The van der Waals surface area contributed by atoms with Gasteiger partial charge in [0.05, 0.1) is 12.0 Å². The van der Waals surface area contributed by atoms with Crippen molar-refractivity contribution in [3.63, 3.8) is 0 Å². The quantitative estimate of drug-likeness (QED) is 0.265. The summed E-state index contributed by atoms with van der Waals surface area (Å²) >= 11 is 3.32. The van der Waals surface area contributed by atoms with Crippen LogP contribution < -0.4 is 4.74 Å². The molecule has 0 radical (unpaired) electrons. The zero-order chi connectivity index (χ0) is 25.6. The third kappa shape index (κ3) is 5.31. The van der Waals surface area contributed by atoms with Crippen molar-refractivity contribution >= 4 is 37.0 Å². The van der Waals surface area contributed by atoms with E-state index in [1.165, 1.54) is 31.6 Å². The van der Waals surface area contributed by atoms with Crippen molar-refractivity contribution < 1.29 is 21.9 Å². The summed E-state index contributed by atoms with van der Waals surface area (Å²) in [6.07, 6.45) is 2.76. The van der Waals surface area contributed by atoms with Crippen LogP contribution in [0.15, 0.2) is 64.2 Å². The zero-order valence-electron chi connectivity index (χ0n) is 19.9. The predicted molar refractivity (Wildman–Crippen MR) is 136 cm³/mol. The monoisotopic (exact) mass is 552 g/mol. The van der Waals surface area contributed by atoms with Gasteiger partial charge in [0, 0.05) is 39.4 Å². The Hall–Kier alpha value is -2.78. The second kappa shape index (κ2) is 11.6. The molecule has 0 bridgehead atoms. The molecule has 34 heavy (non-hydrogen) atoms. The Morgan fingerprint density at radius 1 is 0.971 bits per heavy atom. The highest BCUT2D eigenvalue weighted by Gasteiger charge is 2.25. The molecule has 4 rings (SSSR count). The van der Waals surface area contributed by atoms with E-state index >= 15 is 0 Å². The lowest BCUT2D eigenvalue weighted by Crippen LogP contribution is -2.12. The molecule has 0 spiro atoms. The Balaban J connectivity index is 0.000000970. The van der Waals surface area contributed by atoms with E-state index in [4.69, 9.17) is 4.74 Å². The van der Waals surface area contributed by atoms with E-state index in [-0.39, 0.29) is 27.4 Å². The normalized spacial score (nSPS) is 10.7. The molecule has 5 nitrogen and oxygen atoms in total. The summed E-state index contributed by atoms with van der Waals surface area (Å²) < 4.78 is 61.6. The smallest absolute Gasteiger partial charge is 0.269 e. The average Bonchev–Trinajstić information content (AvgIpc) is 3.21. The molecule has 0 aliphatic heterocycles. The Morgan fingerprint density at radius 3 is 2.18 bits per heavy atom. The minimum Gasteiger partial charge on any atom is -0.493 e. The van der Waals surface area contributed by atoms with E-state index in [1.807, 2.05) is 34.6 Å². The van der Waals surface area contributed by atoms with Crippen LogP contribution in [0.4, 0.5) is 8.78 Å². The van der Waals surface area contributed by atoms with Gasteiger partial charge in [0.25, 0.3) is 10.0 Å². The number of nitrogens with zero attached hydrogens (tertiary/aromatic N) is 2. The zero-order valence-corrected chi connectivity index (χ0v) is 22.3. The number of methoxy groups -OCH3 is 1. The fourth-order valence-electron chi connectivity index (χ4n) is 3.24. The van der Waals surface area contributed by atoms with Crippen LogP contribution >= 0.6 is 15.9 Å². The van der Waals surface area contributed by atoms with Crippen LogP contribution in [0.3, 0.4) is 0 Å². The van der Waals surface area contributed by atoms with E-state index in [9.17, 15) is 17.2 Å². The van der Waals surface area contributed by atoms with Gasteiger partial charge >= 0.3 is 0 Å². The number of aromatic nitrogens is 2. The van der Waals surface area contributed by atoms with Crippen LogP contribution in [0.25, 0.3) is 22.2 Å². The van der Waals surface area contributed by atoms with Crippen LogP contribution in [0.1, 0.15) is 33.3 Å². The Morgan fingerprint density at radius 2 is 1.59 bits per heavy atom. The van der Waals surface area contributed by atoms with Gasteiger partial charge in [-0.05, 0) is 47.1 Å². The van der Waals surface area contributed by atoms with Gasteiger partial charge in [-0.3, -0.25) is 0 Å². The van der Waals surface area contributed by atoms with Gasteiger partial charge < -0.3 is 4.74 Å². The van der Waals surface area contributed by atoms with E-state index in [0.29, 0.717) is 15.9 Å². The van der Waals surface area contributed by atoms with Crippen molar-refractivity contribution in [2.24, 2.45) is 0 Å². The van der Waals surface area contributed by atoms with Gasteiger partial charge in [-0.2, -0.15) is 0 Å². The van der Waals surface area contributed by atoms with Crippen LogP contribution in [-0.4, -0.2) is 24.5 Å². The van der Waals surface area contributed by atoms with Crippen LogP contribution in [0.2, 0.25) is 0 Å². The van der Waals surface area contributed by atoms with Crippen molar-refractivity contribution in [3.8, 4) is 16.9 Å². The van der Waals surface area contributed by atoms with E-state index in [2.05, 4.69) is 20.9 Å². The van der Waals surface area contributed by atoms with Crippen molar-refractivity contribution in [2.45, 2.75) is 39.5 Å². The molecule has 0 saturated heterocycles. The number of benzene rings is 2. The van der Waals surface area contributed by atoms with E-state index < -0.39 is 21.7 Å². The molecule has 0 atom stereocenters. The van der Waals surface area contributed by atoms with Crippen molar-refractivity contribution in [2.75, 3.05) is 7.11 Å². The van der Waals surface area contributed by atoms with E-state index in [1.54, 1.807) is 18.2 Å². The number of rotatable bonds is 4. The van der Waals surface area contributed by atoms with Crippen molar-refractivity contribution in [1.82, 2.24) is 8.96 Å². The van der Waals surface area contributed by atoms with Gasteiger partial charge in [0.2, 0.25) is 0 Å². The maximum atomic E-state index is 14.3. The molecular formula is C25H27BrF2N2O3S. The summed E-state index contributed by atoms with van der Waals surface area (Å²) in [7, 11) is -2.75. The summed E-state index contributed by atoms with van der Waals surface area (Å²) in [4.78, 5) is 4.31. The van der Waals surface area contributed by atoms with Crippen LogP contribution in [0, 0.1) is 18.6 Å². The third-order valence-electron chi connectivity index (χ3n) is 4.66. The van der Waals surface area contributed by atoms with E-state index in [0.717, 1.165) is 15.6 Å². The molecule has 9 heteroatoms.